The van der Waals surface area contributed by atoms with E-state index in [-0.39, 0.29) is 5.41 Å². The molecule has 0 saturated heterocycles. The van der Waals surface area contributed by atoms with Crippen LogP contribution in [0.1, 0.15) is 26.7 Å². The SMILES string of the molecule is CC1(C)C2CC=C(C(=O)O)[C@H]1C2. The van der Waals surface area contributed by atoms with E-state index in [1.807, 2.05) is 6.08 Å². The van der Waals surface area contributed by atoms with Crippen molar-refractivity contribution in [1.29, 1.82) is 0 Å². The molecule has 2 bridgehead atoms. The molecule has 2 heteroatoms. The van der Waals surface area contributed by atoms with Crippen molar-refractivity contribution in [1.82, 2.24) is 0 Å². The summed E-state index contributed by atoms with van der Waals surface area (Å²) in [6, 6.07) is 0. The highest BCUT2D eigenvalue weighted by Crippen LogP contribution is 2.59. The zero-order valence-corrected chi connectivity index (χ0v) is 7.50. The Morgan fingerprint density at radius 2 is 2.33 bits per heavy atom. The van der Waals surface area contributed by atoms with Gasteiger partial charge in [0.15, 0.2) is 0 Å². The largest absolute Gasteiger partial charge is 0.478 e. The quantitative estimate of drug-likeness (QED) is 0.647. The van der Waals surface area contributed by atoms with Gasteiger partial charge in [-0.2, -0.15) is 0 Å². The first-order chi connectivity index (χ1) is 5.53. The molecule has 0 heterocycles. The van der Waals surface area contributed by atoms with E-state index in [4.69, 9.17) is 5.11 Å². The summed E-state index contributed by atoms with van der Waals surface area (Å²) in [5.41, 5.74) is 0.894. The topological polar surface area (TPSA) is 37.3 Å². The van der Waals surface area contributed by atoms with Gasteiger partial charge in [0.1, 0.15) is 0 Å². The number of carboxylic acids is 1. The molecule has 0 radical (unpaired) electrons. The predicted molar refractivity (Wildman–Crippen MR) is 45.7 cm³/mol. The number of hydrogen-bond acceptors (Lipinski definition) is 1. The number of carbonyl (C=O) groups is 1. The van der Waals surface area contributed by atoms with Crippen molar-refractivity contribution in [2.75, 3.05) is 0 Å². The zero-order chi connectivity index (χ0) is 8.93. The fourth-order valence-corrected chi connectivity index (χ4v) is 2.59. The summed E-state index contributed by atoms with van der Waals surface area (Å²) in [4.78, 5) is 10.8. The second-order valence-corrected chi connectivity index (χ2v) is 4.51. The monoisotopic (exact) mass is 166 g/mol. The first-order valence-electron chi connectivity index (χ1n) is 4.47. The van der Waals surface area contributed by atoms with Gasteiger partial charge in [-0.3, -0.25) is 0 Å². The van der Waals surface area contributed by atoms with E-state index < -0.39 is 5.97 Å². The number of allylic oxidation sites excluding steroid dienone is 1. The van der Waals surface area contributed by atoms with Gasteiger partial charge in [-0.15, -0.1) is 0 Å². The first kappa shape index (κ1) is 7.84. The Bertz CT molecular complexity index is 263. The van der Waals surface area contributed by atoms with Gasteiger partial charge >= 0.3 is 5.97 Å². The highest BCUT2D eigenvalue weighted by atomic mass is 16.4. The lowest BCUT2D eigenvalue weighted by Crippen LogP contribution is -2.49. The molecule has 0 aliphatic heterocycles. The molecule has 3 aliphatic carbocycles. The minimum atomic E-state index is -0.716. The lowest BCUT2D eigenvalue weighted by molar-refractivity contribution is -0.136. The Balaban J connectivity index is 2.30. The minimum Gasteiger partial charge on any atom is -0.478 e. The summed E-state index contributed by atoms with van der Waals surface area (Å²) < 4.78 is 0. The van der Waals surface area contributed by atoms with Crippen molar-refractivity contribution >= 4 is 5.97 Å². The van der Waals surface area contributed by atoms with Gasteiger partial charge in [0.2, 0.25) is 0 Å². The van der Waals surface area contributed by atoms with Crippen LogP contribution in [-0.2, 0) is 4.79 Å². The molecule has 3 rings (SSSR count). The molecule has 2 atom stereocenters. The fourth-order valence-electron chi connectivity index (χ4n) is 2.59. The van der Waals surface area contributed by atoms with Gasteiger partial charge in [-0.05, 0) is 30.1 Å². The van der Waals surface area contributed by atoms with Crippen LogP contribution in [0.25, 0.3) is 0 Å². The molecule has 1 unspecified atom stereocenters. The van der Waals surface area contributed by atoms with E-state index in [1.54, 1.807) is 0 Å². The molecule has 2 nitrogen and oxygen atoms in total. The molecular formula is C10H14O2. The Labute approximate surface area is 72.3 Å². The summed E-state index contributed by atoms with van der Waals surface area (Å²) in [7, 11) is 0. The molecule has 1 fully saturated rings. The van der Waals surface area contributed by atoms with Crippen molar-refractivity contribution in [2.45, 2.75) is 26.7 Å². The third-order valence-electron chi connectivity index (χ3n) is 3.72. The van der Waals surface area contributed by atoms with Crippen LogP contribution in [-0.4, -0.2) is 11.1 Å². The van der Waals surface area contributed by atoms with Gasteiger partial charge in [0.25, 0.3) is 0 Å². The maximum Gasteiger partial charge on any atom is 0.331 e. The highest BCUT2D eigenvalue weighted by Gasteiger charge is 2.52. The summed E-state index contributed by atoms with van der Waals surface area (Å²) >= 11 is 0. The molecule has 12 heavy (non-hydrogen) atoms. The second kappa shape index (κ2) is 2.12. The molecule has 0 aromatic heterocycles. The Hall–Kier alpha value is -0.790. The Morgan fingerprint density at radius 1 is 1.67 bits per heavy atom. The molecule has 66 valence electrons. The van der Waals surface area contributed by atoms with Crippen molar-refractivity contribution in [3.05, 3.63) is 11.6 Å². The standard InChI is InChI=1S/C10H14O2/c1-10(2)6-3-4-7(9(11)12)8(10)5-6/h4,6,8H,3,5H2,1-2H3,(H,11,12)/t6?,8-/m1/s1. The molecule has 1 N–H and O–H groups in total. The van der Waals surface area contributed by atoms with E-state index in [0.29, 0.717) is 11.5 Å². The summed E-state index contributed by atoms with van der Waals surface area (Å²) in [5, 5.41) is 8.90. The Morgan fingerprint density at radius 3 is 2.67 bits per heavy atom. The van der Waals surface area contributed by atoms with Crippen molar-refractivity contribution < 1.29 is 9.90 Å². The summed E-state index contributed by atoms with van der Waals surface area (Å²) in [6.45, 7) is 4.36. The molecular weight excluding hydrogens is 152 g/mol. The normalized spacial score (nSPS) is 36.7. The van der Waals surface area contributed by atoms with Gasteiger partial charge in [-0.1, -0.05) is 19.9 Å². The second-order valence-electron chi connectivity index (χ2n) is 4.51. The van der Waals surface area contributed by atoms with Crippen LogP contribution in [0.15, 0.2) is 11.6 Å². The van der Waals surface area contributed by atoms with E-state index >= 15 is 0 Å². The van der Waals surface area contributed by atoms with Crippen LogP contribution < -0.4 is 0 Å². The predicted octanol–water partition coefficient (Wildman–Crippen LogP) is 2.06. The third kappa shape index (κ3) is 0.780. The van der Waals surface area contributed by atoms with Gasteiger partial charge in [0, 0.05) is 5.57 Å². The average molecular weight is 166 g/mol. The van der Waals surface area contributed by atoms with Gasteiger partial charge < -0.3 is 5.11 Å². The maximum atomic E-state index is 10.8. The first-order valence-corrected chi connectivity index (χ1v) is 4.47. The summed E-state index contributed by atoms with van der Waals surface area (Å²) in [5.74, 6) is 0.325. The highest BCUT2D eigenvalue weighted by molar-refractivity contribution is 5.88. The maximum absolute atomic E-state index is 10.8. The molecule has 3 aliphatic rings. The van der Waals surface area contributed by atoms with E-state index in [0.717, 1.165) is 18.8 Å². The fraction of sp³-hybridized carbons (Fsp3) is 0.700. The number of hydrogen-bond donors (Lipinski definition) is 1. The van der Waals surface area contributed by atoms with E-state index in [9.17, 15) is 4.79 Å². The van der Waals surface area contributed by atoms with Crippen molar-refractivity contribution in [2.24, 2.45) is 17.3 Å². The van der Waals surface area contributed by atoms with Gasteiger partial charge in [-0.25, -0.2) is 4.79 Å². The van der Waals surface area contributed by atoms with Crippen LogP contribution in [0.5, 0.6) is 0 Å². The number of carboxylic acid groups (broad SMARTS) is 1. The molecule has 1 saturated carbocycles. The van der Waals surface area contributed by atoms with E-state index in [2.05, 4.69) is 13.8 Å². The zero-order valence-electron chi connectivity index (χ0n) is 7.50. The van der Waals surface area contributed by atoms with Crippen LogP contribution in [0, 0.1) is 17.3 Å². The van der Waals surface area contributed by atoms with Crippen molar-refractivity contribution in [3.8, 4) is 0 Å². The lowest BCUT2D eigenvalue weighted by Gasteiger charge is -2.55. The molecule has 0 amide bonds. The minimum absolute atomic E-state index is 0.239. The number of fused-ring (bicyclic) bond motifs is 1. The third-order valence-corrected chi connectivity index (χ3v) is 3.72. The number of rotatable bonds is 1. The molecule has 0 aromatic carbocycles. The van der Waals surface area contributed by atoms with Crippen molar-refractivity contribution in [3.63, 3.8) is 0 Å². The lowest BCUT2D eigenvalue weighted by atomic mass is 9.49. The van der Waals surface area contributed by atoms with E-state index in [1.165, 1.54) is 0 Å². The smallest absolute Gasteiger partial charge is 0.331 e. The van der Waals surface area contributed by atoms with Crippen LogP contribution >= 0.6 is 0 Å². The molecule has 0 aromatic rings. The summed E-state index contributed by atoms with van der Waals surface area (Å²) in [6.07, 6.45) is 3.96. The van der Waals surface area contributed by atoms with Crippen LogP contribution in [0.4, 0.5) is 0 Å². The average Bonchev–Trinajstić information content (AvgIpc) is 2.04. The van der Waals surface area contributed by atoms with Crippen LogP contribution in [0.2, 0.25) is 0 Å². The number of aliphatic carboxylic acids is 1. The Kier molecular flexibility index (Phi) is 1.39. The van der Waals surface area contributed by atoms with Crippen LogP contribution in [0.3, 0.4) is 0 Å². The molecule has 0 spiro atoms. The van der Waals surface area contributed by atoms with Gasteiger partial charge in [0.05, 0.1) is 0 Å².